The highest BCUT2D eigenvalue weighted by atomic mass is 16.2. The lowest BCUT2D eigenvalue weighted by atomic mass is 9.82. The van der Waals surface area contributed by atoms with Crippen molar-refractivity contribution in [3.8, 4) is 0 Å². The van der Waals surface area contributed by atoms with Gasteiger partial charge in [0.1, 0.15) is 0 Å². The quantitative estimate of drug-likeness (QED) is 0.617. The molecule has 150 valence electrons. The van der Waals surface area contributed by atoms with Crippen molar-refractivity contribution in [3.63, 3.8) is 0 Å². The van der Waals surface area contributed by atoms with Crippen molar-refractivity contribution in [1.82, 2.24) is 10.2 Å². The van der Waals surface area contributed by atoms with Crippen molar-refractivity contribution < 1.29 is 9.59 Å². The SMILES string of the molecule is CN1C(=N)NC(c2ccccc2)(c2cccc(NC(=O)Cc3ccccc3)c2)C1=O. The van der Waals surface area contributed by atoms with Gasteiger partial charge in [0.2, 0.25) is 5.91 Å². The summed E-state index contributed by atoms with van der Waals surface area (Å²) in [5.74, 6) is -0.350. The molecule has 6 heteroatoms. The Morgan fingerprint density at radius 1 is 0.967 bits per heavy atom. The summed E-state index contributed by atoms with van der Waals surface area (Å²) in [4.78, 5) is 27.0. The number of benzene rings is 3. The van der Waals surface area contributed by atoms with Gasteiger partial charge >= 0.3 is 0 Å². The highest BCUT2D eigenvalue weighted by molar-refractivity contribution is 6.10. The summed E-state index contributed by atoms with van der Waals surface area (Å²) in [5.41, 5.74) is 1.70. The summed E-state index contributed by atoms with van der Waals surface area (Å²) < 4.78 is 0. The van der Waals surface area contributed by atoms with Crippen LogP contribution in [0.15, 0.2) is 84.9 Å². The van der Waals surface area contributed by atoms with Crippen molar-refractivity contribution in [2.75, 3.05) is 12.4 Å². The average molecular weight is 398 g/mol. The molecule has 0 aromatic heterocycles. The summed E-state index contributed by atoms with van der Waals surface area (Å²) in [5, 5.41) is 14.1. The van der Waals surface area contributed by atoms with Gasteiger partial charge in [-0.15, -0.1) is 0 Å². The first kappa shape index (κ1) is 19.4. The largest absolute Gasteiger partial charge is 0.334 e. The Morgan fingerprint density at radius 3 is 2.23 bits per heavy atom. The summed E-state index contributed by atoms with van der Waals surface area (Å²) in [7, 11) is 1.58. The van der Waals surface area contributed by atoms with Crippen LogP contribution in [-0.2, 0) is 21.5 Å². The molecule has 4 rings (SSSR count). The maximum Gasteiger partial charge on any atom is 0.264 e. The molecule has 6 nitrogen and oxygen atoms in total. The van der Waals surface area contributed by atoms with Crippen LogP contribution < -0.4 is 10.6 Å². The normalized spacial score (nSPS) is 18.2. The van der Waals surface area contributed by atoms with Crippen LogP contribution in [0, 0.1) is 5.41 Å². The second-order valence-corrected chi connectivity index (χ2v) is 7.25. The minimum atomic E-state index is -1.22. The average Bonchev–Trinajstić information content (AvgIpc) is 3.00. The third-order valence-electron chi connectivity index (χ3n) is 5.26. The highest BCUT2D eigenvalue weighted by Gasteiger charge is 2.51. The van der Waals surface area contributed by atoms with Crippen LogP contribution in [0.2, 0.25) is 0 Å². The van der Waals surface area contributed by atoms with E-state index in [1.165, 1.54) is 4.90 Å². The van der Waals surface area contributed by atoms with Gasteiger partial charge in [-0.1, -0.05) is 72.8 Å². The molecule has 1 aliphatic rings. The molecule has 0 spiro atoms. The molecule has 3 aromatic rings. The first-order valence-corrected chi connectivity index (χ1v) is 9.65. The molecule has 1 atom stereocenters. The van der Waals surface area contributed by atoms with E-state index in [2.05, 4.69) is 10.6 Å². The predicted octanol–water partition coefficient (Wildman–Crippen LogP) is 3.11. The van der Waals surface area contributed by atoms with Crippen molar-refractivity contribution in [1.29, 1.82) is 5.41 Å². The van der Waals surface area contributed by atoms with Crippen LogP contribution in [0.1, 0.15) is 16.7 Å². The molecule has 0 aliphatic carbocycles. The molecule has 3 aromatic carbocycles. The van der Waals surface area contributed by atoms with E-state index in [4.69, 9.17) is 5.41 Å². The molecule has 0 radical (unpaired) electrons. The minimum Gasteiger partial charge on any atom is -0.334 e. The van der Waals surface area contributed by atoms with Crippen LogP contribution in [0.3, 0.4) is 0 Å². The van der Waals surface area contributed by atoms with Crippen molar-refractivity contribution >= 4 is 23.5 Å². The maximum atomic E-state index is 13.2. The lowest BCUT2D eigenvalue weighted by molar-refractivity contribution is -0.129. The fraction of sp³-hybridized carbons (Fsp3) is 0.125. The third kappa shape index (κ3) is 3.43. The van der Waals surface area contributed by atoms with E-state index in [0.29, 0.717) is 11.3 Å². The molecule has 3 N–H and O–H groups in total. The predicted molar refractivity (Wildman–Crippen MR) is 116 cm³/mol. The standard InChI is InChI=1S/C24H22N4O2/c1-28-22(30)24(27-23(28)25,18-11-6-3-7-12-18)19-13-8-14-20(16-19)26-21(29)15-17-9-4-2-5-10-17/h2-14,16H,15H2,1H3,(H2,25,27)(H,26,29). The monoisotopic (exact) mass is 398 g/mol. The van der Waals surface area contributed by atoms with Gasteiger partial charge in [-0.3, -0.25) is 19.9 Å². The van der Waals surface area contributed by atoms with E-state index >= 15 is 0 Å². The molecule has 30 heavy (non-hydrogen) atoms. The highest BCUT2D eigenvalue weighted by Crippen LogP contribution is 2.36. The van der Waals surface area contributed by atoms with Crippen LogP contribution in [-0.4, -0.2) is 29.7 Å². The molecular weight excluding hydrogens is 376 g/mol. The summed E-state index contributed by atoms with van der Waals surface area (Å²) in [6, 6.07) is 26.0. The Hall–Kier alpha value is -3.93. The number of likely N-dealkylation sites (N-methyl/N-ethyl adjacent to an activating group) is 1. The van der Waals surface area contributed by atoms with Crippen molar-refractivity contribution in [3.05, 3.63) is 102 Å². The zero-order valence-electron chi connectivity index (χ0n) is 16.6. The Bertz CT molecular complexity index is 1100. The third-order valence-corrected chi connectivity index (χ3v) is 5.26. The molecular formula is C24H22N4O2. The van der Waals surface area contributed by atoms with Gasteiger partial charge in [-0.2, -0.15) is 0 Å². The number of anilines is 1. The fourth-order valence-corrected chi connectivity index (χ4v) is 3.73. The second-order valence-electron chi connectivity index (χ2n) is 7.25. The van der Waals surface area contributed by atoms with Crippen molar-refractivity contribution in [2.45, 2.75) is 12.0 Å². The van der Waals surface area contributed by atoms with Gasteiger partial charge in [0.25, 0.3) is 5.91 Å². The second kappa shape index (κ2) is 7.83. The molecule has 0 bridgehead atoms. The topological polar surface area (TPSA) is 85.3 Å². The Balaban J connectivity index is 1.67. The van der Waals surface area contributed by atoms with E-state index < -0.39 is 5.54 Å². The van der Waals surface area contributed by atoms with E-state index in [9.17, 15) is 9.59 Å². The number of hydrogen-bond acceptors (Lipinski definition) is 3. The lowest BCUT2D eigenvalue weighted by Crippen LogP contribution is -2.45. The Labute approximate surface area is 175 Å². The molecule has 1 aliphatic heterocycles. The Morgan fingerprint density at radius 2 is 1.60 bits per heavy atom. The molecule has 2 amide bonds. The fourth-order valence-electron chi connectivity index (χ4n) is 3.73. The first-order valence-electron chi connectivity index (χ1n) is 9.65. The van der Waals surface area contributed by atoms with Crippen molar-refractivity contribution in [2.24, 2.45) is 0 Å². The van der Waals surface area contributed by atoms with Crippen LogP contribution in [0.5, 0.6) is 0 Å². The van der Waals surface area contributed by atoms with Gasteiger partial charge in [-0.25, -0.2) is 0 Å². The zero-order valence-corrected chi connectivity index (χ0v) is 16.6. The maximum absolute atomic E-state index is 13.2. The van der Waals surface area contributed by atoms with Gasteiger partial charge < -0.3 is 10.6 Å². The minimum absolute atomic E-state index is 0.0300. The van der Waals surface area contributed by atoms with E-state index in [0.717, 1.165) is 11.1 Å². The first-order chi connectivity index (χ1) is 14.5. The van der Waals surface area contributed by atoms with Crippen LogP contribution in [0.25, 0.3) is 0 Å². The van der Waals surface area contributed by atoms with Gasteiger partial charge in [0.05, 0.1) is 6.42 Å². The van der Waals surface area contributed by atoms with Crippen LogP contribution in [0.4, 0.5) is 5.69 Å². The smallest absolute Gasteiger partial charge is 0.264 e. The molecule has 0 saturated carbocycles. The van der Waals surface area contributed by atoms with E-state index in [-0.39, 0.29) is 24.2 Å². The zero-order chi connectivity index (χ0) is 21.1. The van der Waals surface area contributed by atoms with Gasteiger partial charge in [-0.05, 0) is 28.8 Å². The Kier molecular flexibility index (Phi) is 5.06. The number of amides is 2. The van der Waals surface area contributed by atoms with Gasteiger partial charge in [0, 0.05) is 12.7 Å². The number of nitrogens with one attached hydrogen (secondary N) is 3. The molecule has 1 unspecified atom stereocenters. The molecule has 1 fully saturated rings. The summed E-state index contributed by atoms with van der Waals surface area (Å²) in [6.07, 6.45) is 0.263. The lowest BCUT2D eigenvalue weighted by Gasteiger charge is -2.28. The van der Waals surface area contributed by atoms with Gasteiger partial charge in [0.15, 0.2) is 11.5 Å². The number of hydrogen-bond donors (Lipinski definition) is 3. The van der Waals surface area contributed by atoms with E-state index in [1.807, 2.05) is 66.7 Å². The van der Waals surface area contributed by atoms with Crippen LogP contribution >= 0.6 is 0 Å². The number of carbonyl (C=O) groups excluding carboxylic acids is 2. The number of carbonyl (C=O) groups is 2. The molecule has 1 heterocycles. The summed E-state index contributed by atoms with van der Waals surface area (Å²) >= 11 is 0. The number of rotatable bonds is 5. The molecule has 1 saturated heterocycles. The summed E-state index contributed by atoms with van der Waals surface area (Å²) in [6.45, 7) is 0. The number of guanidine groups is 1. The van der Waals surface area contributed by atoms with E-state index in [1.54, 1.807) is 25.2 Å². The number of nitrogens with zero attached hydrogens (tertiary/aromatic N) is 1.